The Morgan fingerprint density at radius 3 is 2.17 bits per heavy atom. The van der Waals surface area contributed by atoms with E-state index in [0.29, 0.717) is 35.4 Å². The van der Waals surface area contributed by atoms with E-state index in [1.54, 1.807) is 18.2 Å². The van der Waals surface area contributed by atoms with Crippen LogP contribution in [0.2, 0.25) is 0 Å². The molecule has 1 aromatic heterocycles. The Labute approximate surface area is 213 Å². The SMILES string of the molecule is CCc1nnc(NC(=O)/C(C#N)=C/c2ccc(OCc3ccccc3)c(OCc3ccccc3)c2)s1. The van der Waals surface area contributed by atoms with Crippen molar-refractivity contribution in [1.82, 2.24) is 10.2 Å². The highest BCUT2D eigenvalue weighted by atomic mass is 32.1. The summed E-state index contributed by atoms with van der Waals surface area (Å²) in [6, 6.07) is 26.9. The van der Waals surface area contributed by atoms with Crippen molar-refractivity contribution in [2.45, 2.75) is 26.6 Å². The van der Waals surface area contributed by atoms with Crippen molar-refractivity contribution in [1.29, 1.82) is 5.26 Å². The van der Waals surface area contributed by atoms with Gasteiger partial charge in [0.05, 0.1) is 0 Å². The summed E-state index contributed by atoms with van der Waals surface area (Å²) in [7, 11) is 0. The number of carbonyl (C=O) groups is 1. The van der Waals surface area contributed by atoms with E-state index in [0.717, 1.165) is 22.6 Å². The summed E-state index contributed by atoms with van der Waals surface area (Å²) in [5.41, 5.74) is 2.61. The second-order valence-corrected chi connectivity index (χ2v) is 8.80. The van der Waals surface area contributed by atoms with Gasteiger partial charge >= 0.3 is 0 Å². The van der Waals surface area contributed by atoms with Crippen LogP contribution < -0.4 is 14.8 Å². The van der Waals surface area contributed by atoms with Gasteiger partial charge in [-0.25, -0.2) is 0 Å². The summed E-state index contributed by atoms with van der Waals surface area (Å²) < 4.78 is 12.1. The topological polar surface area (TPSA) is 97.1 Å². The summed E-state index contributed by atoms with van der Waals surface area (Å²) >= 11 is 1.28. The predicted molar refractivity (Wildman–Crippen MR) is 139 cm³/mol. The molecule has 0 aliphatic rings. The molecule has 0 atom stereocenters. The van der Waals surface area contributed by atoms with Crippen molar-refractivity contribution in [2.75, 3.05) is 5.32 Å². The maximum atomic E-state index is 12.6. The number of aryl methyl sites for hydroxylation is 1. The van der Waals surface area contributed by atoms with Crippen LogP contribution in [0.3, 0.4) is 0 Å². The number of rotatable bonds is 10. The number of hydrogen-bond donors (Lipinski definition) is 1. The van der Waals surface area contributed by atoms with Gasteiger partial charge in [-0.05, 0) is 41.3 Å². The summed E-state index contributed by atoms with van der Waals surface area (Å²) in [5.74, 6) is 0.529. The zero-order valence-corrected chi connectivity index (χ0v) is 20.5. The average Bonchev–Trinajstić information content (AvgIpc) is 3.38. The van der Waals surface area contributed by atoms with Crippen molar-refractivity contribution in [3.8, 4) is 17.6 Å². The quantitative estimate of drug-likeness (QED) is 0.220. The Kier molecular flexibility index (Phi) is 8.41. The third-order valence-corrected chi connectivity index (χ3v) is 6.09. The van der Waals surface area contributed by atoms with Crippen molar-refractivity contribution in [3.63, 3.8) is 0 Å². The van der Waals surface area contributed by atoms with Crippen molar-refractivity contribution >= 4 is 28.5 Å². The minimum absolute atomic E-state index is 0.0600. The molecule has 180 valence electrons. The Morgan fingerprint density at radius 1 is 0.944 bits per heavy atom. The first kappa shape index (κ1) is 24.6. The summed E-state index contributed by atoms with van der Waals surface area (Å²) in [5, 5.41) is 21.3. The fraction of sp³-hybridized carbons (Fsp3) is 0.143. The maximum Gasteiger partial charge on any atom is 0.268 e. The molecule has 0 spiro atoms. The fourth-order valence-corrected chi connectivity index (χ4v) is 3.92. The first-order valence-corrected chi connectivity index (χ1v) is 12.2. The van der Waals surface area contributed by atoms with E-state index >= 15 is 0 Å². The molecule has 0 aliphatic carbocycles. The number of amides is 1. The molecule has 36 heavy (non-hydrogen) atoms. The number of aromatic nitrogens is 2. The molecule has 0 saturated heterocycles. The summed E-state index contributed by atoms with van der Waals surface area (Å²) in [4.78, 5) is 12.6. The van der Waals surface area contributed by atoms with Gasteiger partial charge in [0.25, 0.3) is 5.91 Å². The van der Waals surface area contributed by atoms with Crippen LogP contribution in [-0.4, -0.2) is 16.1 Å². The van der Waals surface area contributed by atoms with E-state index < -0.39 is 5.91 Å². The van der Waals surface area contributed by atoms with Crippen LogP contribution in [0.4, 0.5) is 5.13 Å². The molecule has 0 radical (unpaired) electrons. The molecule has 0 fully saturated rings. The lowest BCUT2D eigenvalue weighted by Gasteiger charge is -2.14. The molecule has 0 aliphatic heterocycles. The van der Waals surface area contributed by atoms with Crippen LogP contribution in [0.15, 0.2) is 84.4 Å². The van der Waals surface area contributed by atoms with E-state index in [1.807, 2.05) is 73.7 Å². The number of nitrogens with one attached hydrogen (secondary N) is 1. The second-order valence-electron chi connectivity index (χ2n) is 7.73. The van der Waals surface area contributed by atoms with Crippen molar-refractivity contribution in [3.05, 3.63) is 106 Å². The van der Waals surface area contributed by atoms with Crippen molar-refractivity contribution < 1.29 is 14.3 Å². The van der Waals surface area contributed by atoms with E-state index in [4.69, 9.17) is 9.47 Å². The molecular formula is C28H24N4O3S. The fourth-order valence-electron chi connectivity index (χ4n) is 3.24. The molecule has 1 heterocycles. The van der Waals surface area contributed by atoms with Crippen LogP contribution in [0.1, 0.15) is 28.6 Å². The molecule has 7 nitrogen and oxygen atoms in total. The van der Waals surface area contributed by atoms with Gasteiger partial charge in [0.15, 0.2) is 11.5 Å². The molecule has 3 aromatic carbocycles. The van der Waals surface area contributed by atoms with Gasteiger partial charge in [0, 0.05) is 0 Å². The lowest BCUT2D eigenvalue weighted by Crippen LogP contribution is -2.13. The number of nitrogens with zero attached hydrogens (tertiary/aromatic N) is 3. The zero-order chi connectivity index (χ0) is 25.2. The molecule has 4 aromatic rings. The molecule has 0 unspecified atom stereocenters. The lowest BCUT2D eigenvalue weighted by molar-refractivity contribution is -0.112. The number of nitriles is 1. The zero-order valence-electron chi connectivity index (χ0n) is 19.7. The van der Waals surface area contributed by atoms with Gasteiger partial charge in [0.1, 0.15) is 29.9 Å². The first-order valence-electron chi connectivity index (χ1n) is 11.4. The molecule has 0 saturated carbocycles. The van der Waals surface area contributed by atoms with Crippen LogP contribution >= 0.6 is 11.3 Å². The van der Waals surface area contributed by atoms with Gasteiger partial charge < -0.3 is 9.47 Å². The number of anilines is 1. The Hall–Kier alpha value is -4.48. The molecule has 0 bridgehead atoms. The number of benzene rings is 3. The minimum atomic E-state index is -0.549. The Morgan fingerprint density at radius 2 is 1.58 bits per heavy atom. The Balaban J connectivity index is 1.55. The first-order chi connectivity index (χ1) is 17.6. The largest absolute Gasteiger partial charge is 0.485 e. The monoisotopic (exact) mass is 496 g/mol. The van der Waals surface area contributed by atoms with Crippen LogP contribution in [0, 0.1) is 11.3 Å². The third kappa shape index (κ3) is 6.78. The highest BCUT2D eigenvalue weighted by molar-refractivity contribution is 7.15. The molecule has 8 heteroatoms. The number of carbonyl (C=O) groups excluding carboxylic acids is 1. The van der Waals surface area contributed by atoms with Crippen LogP contribution in [-0.2, 0) is 24.4 Å². The van der Waals surface area contributed by atoms with E-state index in [1.165, 1.54) is 17.4 Å². The van der Waals surface area contributed by atoms with E-state index in [9.17, 15) is 10.1 Å². The lowest BCUT2D eigenvalue weighted by atomic mass is 10.1. The highest BCUT2D eigenvalue weighted by Crippen LogP contribution is 2.31. The molecule has 1 N–H and O–H groups in total. The summed E-state index contributed by atoms with van der Waals surface area (Å²) in [6.45, 7) is 2.68. The van der Waals surface area contributed by atoms with Crippen molar-refractivity contribution in [2.24, 2.45) is 0 Å². The summed E-state index contributed by atoms with van der Waals surface area (Å²) in [6.07, 6.45) is 2.23. The molecule has 4 rings (SSSR count). The smallest absolute Gasteiger partial charge is 0.268 e. The number of hydrogen-bond acceptors (Lipinski definition) is 7. The Bertz CT molecular complexity index is 1380. The van der Waals surface area contributed by atoms with Gasteiger partial charge in [-0.2, -0.15) is 5.26 Å². The van der Waals surface area contributed by atoms with E-state index in [-0.39, 0.29) is 5.57 Å². The standard InChI is InChI=1S/C28H24N4O3S/c1-2-26-31-32-28(36-26)30-27(33)23(17-29)15-22-13-14-24(34-18-20-9-5-3-6-10-20)25(16-22)35-19-21-11-7-4-8-12-21/h3-16H,2,18-19H2,1H3,(H,30,32,33)/b23-15+. The molecule has 1 amide bonds. The van der Waals surface area contributed by atoms with Crippen LogP contribution in [0.5, 0.6) is 11.5 Å². The second kappa shape index (κ2) is 12.3. The molecular weight excluding hydrogens is 472 g/mol. The van der Waals surface area contributed by atoms with Gasteiger partial charge in [0.2, 0.25) is 5.13 Å². The minimum Gasteiger partial charge on any atom is -0.485 e. The normalized spacial score (nSPS) is 10.9. The van der Waals surface area contributed by atoms with Gasteiger partial charge in [-0.15, -0.1) is 10.2 Å². The third-order valence-electron chi connectivity index (χ3n) is 5.11. The predicted octanol–water partition coefficient (Wildman–Crippen LogP) is 5.80. The van der Waals surface area contributed by atoms with E-state index in [2.05, 4.69) is 15.5 Å². The highest BCUT2D eigenvalue weighted by Gasteiger charge is 2.14. The average molecular weight is 497 g/mol. The number of ether oxygens (including phenoxy) is 2. The van der Waals surface area contributed by atoms with Gasteiger partial charge in [-0.3, -0.25) is 10.1 Å². The maximum absolute atomic E-state index is 12.6. The van der Waals surface area contributed by atoms with Crippen LogP contribution in [0.25, 0.3) is 6.08 Å². The van der Waals surface area contributed by atoms with Gasteiger partial charge in [-0.1, -0.05) is 85.0 Å².